The van der Waals surface area contributed by atoms with E-state index in [-0.39, 0.29) is 0 Å². The van der Waals surface area contributed by atoms with E-state index in [0.717, 1.165) is 5.92 Å². The molecule has 0 aliphatic rings. The first-order chi connectivity index (χ1) is 5.49. The highest BCUT2D eigenvalue weighted by Gasteiger charge is 2.16. The van der Waals surface area contributed by atoms with Crippen LogP contribution in [-0.4, -0.2) is 0 Å². The predicted molar refractivity (Wildman–Crippen MR) is 57.1 cm³/mol. The largest absolute Gasteiger partial charge is 0.0654 e. The van der Waals surface area contributed by atoms with Gasteiger partial charge in [-0.1, -0.05) is 60.3 Å². The van der Waals surface area contributed by atoms with E-state index in [1.807, 2.05) is 0 Å². The molecular weight excluding hydrogens is 144 g/mol. The average molecular weight is 169 g/mol. The van der Waals surface area contributed by atoms with Gasteiger partial charge in [0, 0.05) is 0 Å². The number of hydrogen-bond donors (Lipinski definition) is 0. The van der Waals surface area contributed by atoms with Gasteiger partial charge in [-0.05, 0) is 17.8 Å². The number of rotatable bonds is 5. The lowest BCUT2D eigenvalue weighted by molar-refractivity contribution is 0.380. The predicted octanol–water partition coefficient (Wildman–Crippen LogP) is 4.45. The molecule has 12 heavy (non-hydrogen) atoms. The van der Waals surface area contributed by atoms with Crippen LogP contribution in [0.25, 0.3) is 0 Å². The molecule has 0 saturated heterocycles. The minimum atomic E-state index is 0.397. The summed E-state index contributed by atoms with van der Waals surface area (Å²) in [6.07, 6.45) is 7.91. The van der Waals surface area contributed by atoms with Gasteiger partial charge in [0.15, 0.2) is 0 Å². The molecule has 0 bridgehead atoms. The van der Waals surface area contributed by atoms with E-state index in [9.17, 15) is 0 Å². The van der Waals surface area contributed by atoms with Gasteiger partial charge in [-0.15, -0.1) is 0 Å². The standard InChI is InChI=1S/C12H25/c1-6-8-9-11(7-2)10-12(3,4)5/h10-11H,6-9H2,1-5H3. The van der Waals surface area contributed by atoms with E-state index in [1.54, 1.807) is 0 Å². The molecule has 1 atom stereocenters. The zero-order valence-corrected chi connectivity index (χ0v) is 9.48. The normalized spacial score (nSPS) is 14.8. The van der Waals surface area contributed by atoms with Gasteiger partial charge in [0.1, 0.15) is 0 Å². The molecule has 0 aliphatic heterocycles. The summed E-state index contributed by atoms with van der Waals surface area (Å²) in [4.78, 5) is 0. The lowest BCUT2D eigenvalue weighted by atomic mass is 9.81. The maximum absolute atomic E-state index is 2.52. The minimum Gasteiger partial charge on any atom is -0.0654 e. The average Bonchev–Trinajstić information content (AvgIpc) is 1.95. The van der Waals surface area contributed by atoms with Crippen molar-refractivity contribution in [2.75, 3.05) is 0 Å². The first-order valence-electron chi connectivity index (χ1n) is 5.35. The molecule has 0 fully saturated rings. The third-order valence-corrected chi connectivity index (χ3v) is 2.19. The maximum atomic E-state index is 2.52. The highest BCUT2D eigenvalue weighted by molar-refractivity contribution is 4.86. The molecule has 0 spiro atoms. The van der Waals surface area contributed by atoms with Crippen LogP contribution < -0.4 is 0 Å². The molecule has 0 aliphatic carbocycles. The Morgan fingerprint density at radius 3 is 2.08 bits per heavy atom. The molecule has 73 valence electrons. The van der Waals surface area contributed by atoms with Crippen LogP contribution in [0, 0.1) is 17.8 Å². The van der Waals surface area contributed by atoms with Crippen LogP contribution in [0.4, 0.5) is 0 Å². The van der Waals surface area contributed by atoms with Crippen molar-refractivity contribution in [3.05, 3.63) is 6.42 Å². The van der Waals surface area contributed by atoms with E-state index in [0.29, 0.717) is 5.41 Å². The van der Waals surface area contributed by atoms with Crippen LogP contribution in [0.3, 0.4) is 0 Å². The molecule has 0 aromatic rings. The first kappa shape index (κ1) is 12.0. The fourth-order valence-corrected chi connectivity index (χ4v) is 1.58. The molecule has 0 heterocycles. The van der Waals surface area contributed by atoms with Crippen molar-refractivity contribution in [1.29, 1.82) is 0 Å². The van der Waals surface area contributed by atoms with Crippen LogP contribution in [0.15, 0.2) is 0 Å². The van der Waals surface area contributed by atoms with Crippen molar-refractivity contribution >= 4 is 0 Å². The fraction of sp³-hybridized carbons (Fsp3) is 0.917. The smallest absolute Gasteiger partial charge is 0.0301 e. The Bertz CT molecular complexity index is 97.1. The lowest BCUT2D eigenvalue weighted by Gasteiger charge is -2.24. The summed E-state index contributed by atoms with van der Waals surface area (Å²) in [7, 11) is 0. The van der Waals surface area contributed by atoms with E-state index in [4.69, 9.17) is 0 Å². The van der Waals surface area contributed by atoms with Crippen LogP contribution >= 0.6 is 0 Å². The zero-order valence-electron chi connectivity index (χ0n) is 9.48. The van der Waals surface area contributed by atoms with Gasteiger partial charge < -0.3 is 0 Å². The van der Waals surface area contributed by atoms with Gasteiger partial charge in [-0.3, -0.25) is 0 Å². The first-order valence-corrected chi connectivity index (χ1v) is 5.35. The van der Waals surface area contributed by atoms with Gasteiger partial charge in [0.05, 0.1) is 0 Å². The monoisotopic (exact) mass is 169 g/mol. The Kier molecular flexibility index (Phi) is 5.61. The molecule has 0 rings (SSSR count). The summed E-state index contributed by atoms with van der Waals surface area (Å²) >= 11 is 0. The molecule has 0 aromatic heterocycles. The second-order valence-electron chi connectivity index (χ2n) is 4.84. The van der Waals surface area contributed by atoms with E-state index in [2.05, 4.69) is 41.0 Å². The summed E-state index contributed by atoms with van der Waals surface area (Å²) in [5, 5.41) is 0. The highest BCUT2D eigenvalue weighted by Crippen LogP contribution is 2.27. The maximum Gasteiger partial charge on any atom is -0.0301 e. The Hall–Kier alpha value is 0. The van der Waals surface area contributed by atoms with Gasteiger partial charge in [0.25, 0.3) is 0 Å². The van der Waals surface area contributed by atoms with E-state index < -0.39 is 0 Å². The zero-order chi connectivity index (χ0) is 9.61. The van der Waals surface area contributed by atoms with Crippen molar-refractivity contribution in [3.8, 4) is 0 Å². The van der Waals surface area contributed by atoms with E-state index >= 15 is 0 Å². The van der Waals surface area contributed by atoms with Crippen molar-refractivity contribution in [1.82, 2.24) is 0 Å². The van der Waals surface area contributed by atoms with Crippen LogP contribution in [0.5, 0.6) is 0 Å². The van der Waals surface area contributed by atoms with E-state index in [1.165, 1.54) is 25.7 Å². The van der Waals surface area contributed by atoms with Crippen molar-refractivity contribution in [2.45, 2.75) is 60.3 Å². The quantitative estimate of drug-likeness (QED) is 0.570. The molecule has 0 N–H and O–H groups in total. The molecule has 1 radical (unpaired) electrons. The summed E-state index contributed by atoms with van der Waals surface area (Å²) in [6, 6.07) is 0. The third kappa shape index (κ3) is 6.69. The van der Waals surface area contributed by atoms with Crippen LogP contribution in [0.1, 0.15) is 60.3 Å². The SMILES string of the molecule is CCCCC([CH]C(C)(C)C)CC. The van der Waals surface area contributed by atoms with Gasteiger partial charge in [-0.25, -0.2) is 0 Å². The molecule has 0 saturated carbocycles. The number of unbranched alkanes of at least 4 members (excludes halogenated alkanes) is 1. The summed E-state index contributed by atoms with van der Waals surface area (Å²) < 4.78 is 0. The fourth-order valence-electron chi connectivity index (χ4n) is 1.58. The van der Waals surface area contributed by atoms with Crippen molar-refractivity contribution in [3.63, 3.8) is 0 Å². The van der Waals surface area contributed by atoms with Crippen LogP contribution in [0.2, 0.25) is 0 Å². The minimum absolute atomic E-state index is 0.397. The highest BCUT2D eigenvalue weighted by atomic mass is 14.2. The molecule has 0 aromatic carbocycles. The summed E-state index contributed by atoms with van der Waals surface area (Å²) in [5.74, 6) is 0.838. The molecular formula is C12H25. The van der Waals surface area contributed by atoms with Gasteiger partial charge in [-0.2, -0.15) is 0 Å². The van der Waals surface area contributed by atoms with Gasteiger partial charge in [0.2, 0.25) is 0 Å². The van der Waals surface area contributed by atoms with Gasteiger partial charge >= 0.3 is 0 Å². The molecule has 0 heteroatoms. The van der Waals surface area contributed by atoms with Crippen molar-refractivity contribution in [2.24, 2.45) is 11.3 Å². The third-order valence-electron chi connectivity index (χ3n) is 2.19. The van der Waals surface area contributed by atoms with Crippen LogP contribution in [-0.2, 0) is 0 Å². The Balaban J connectivity index is 3.67. The van der Waals surface area contributed by atoms with Crippen molar-refractivity contribution < 1.29 is 0 Å². The second-order valence-corrected chi connectivity index (χ2v) is 4.84. The number of hydrogen-bond acceptors (Lipinski definition) is 0. The molecule has 0 amide bonds. The Labute approximate surface area is 78.8 Å². The molecule has 1 unspecified atom stereocenters. The summed E-state index contributed by atoms with van der Waals surface area (Å²) in [6.45, 7) is 11.4. The second kappa shape index (κ2) is 5.61. The lowest BCUT2D eigenvalue weighted by Crippen LogP contribution is -2.13. The Morgan fingerprint density at radius 1 is 1.17 bits per heavy atom. The summed E-state index contributed by atoms with van der Waals surface area (Å²) in [5.41, 5.74) is 0.397. The molecule has 0 nitrogen and oxygen atoms in total. The topological polar surface area (TPSA) is 0 Å². The Morgan fingerprint density at radius 2 is 1.75 bits per heavy atom.